The van der Waals surface area contributed by atoms with Crippen LogP contribution in [0.4, 0.5) is 10.5 Å². The third kappa shape index (κ3) is 3.80. The number of carbonyl (C=O) groups is 1. The number of nitrogens with one attached hydrogen (secondary N) is 2. The molecule has 2 aromatic heterocycles. The SMILES string of the molecule is COc1ccc(NC(=O)N2CCCCC2c2nc(-c3ccncc3)n[nH]2)cc1. The highest BCUT2D eigenvalue weighted by Crippen LogP contribution is 2.30. The number of amides is 2. The number of pyridine rings is 1. The highest BCUT2D eigenvalue weighted by atomic mass is 16.5. The van der Waals surface area contributed by atoms with Crippen LogP contribution in [-0.2, 0) is 0 Å². The van der Waals surface area contributed by atoms with Crippen molar-refractivity contribution in [1.82, 2.24) is 25.1 Å². The molecule has 0 bridgehead atoms. The number of aromatic amines is 1. The Morgan fingerprint density at radius 1 is 1.18 bits per heavy atom. The summed E-state index contributed by atoms with van der Waals surface area (Å²) >= 11 is 0. The number of nitrogens with zero attached hydrogens (tertiary/aromatic N) is 4. The first-order valence-electron chi connectivity index (χ1n) is 9.29. The van der Waals surface area contributed by atoms with Crippen LogP contribution in [0, 0.1) is 0 Å². The van der Waals surface area contributed by atoms with Gasteiger partial charge in [0, 0.05) is 30.2 Å². The van der Waals surface area contributed by atoms with Crippen LogP contribution in [0.1, 0.15) is 31.1 Å². The van der Waals surface area contributed by atoms with Crippen LogP contribution in [0.2, 0.25) is 0 Å². The first-order valence-corrected chi connectivity index (χ1v) is 9.29. The summed E-state index contributed by atoms with van der Waals surface area (Å²) in [6.45, 7) is 0.679. The van der Waals surface area contributed by atoms with E-state index in [1.54, 1.807) is 19.5 Å². The number of aromatic nitrogens is 4. The van der Waals surface area contributed by atoms with E-state index in [0.29, 0.717) is 18.2 Å². The number of likely N-dealkylation sites (tertiary alicyclic amines) is 1. The van der Waals surface area contributed by atoms with Crippen molar-refractivity contribution in [3.63, 3.8) is 0 Å². The summed E-state index contributed by atoms with van der Waals surface area (Å²) in [5.41, 5.74) is 1.62. The topological polar surface area (TPSA) is 96.0 Å². The molecule has 8 nitrogen and oxygen atoms in total. The second-order valence-corrected chi connectivity index (χ2v) is 6.64. The third-order valence-corrected chi connectivity index (χ3v) is 4.86. The third-order valence-electron chi connectivity index (χ3n) is 4.86. The van der Waals surface area contributed by atoms with E-state index in [-0.39, 0.29) is 12.1 Å². The van der Waals surface area contributed by atoms with Gasteiger partial charge in [-0.3, -0.25) is 10.1 Å². The molecule has 1 saturated heterocycles. The van der Waals surface area contributed by atoms with Crippen LogP contribution in [0.25, 0.3) is 11.4 Å². The number of methoxy groups -OCH3 is 1. The molecule has 3 heterocycles. The van der Waals surface area contributed by atoms with Crippen molar-refractivity contribution < 1.29 is 9.53 Å². The molecule has 2 N–H and O–H groups in total. The molecule has 0 aliphatic carbocycles. The summed E-state index contributed by atoms with van der Waals surface area (Å²) in [7, 11) is 1.61. The van der Waals surface area contributed by atoms with E-state index in [9.17, 15) is 4.79 Å². The summed E-state index contributed by atoms with van der Waals surface area (Å²) in [5, 5.41) is 10.3. The molecular formula is C20H22N6O2. The van der Waals surface area contributed by atoms with Crippen molar-refractivity contribution in [3.05, 3.63) is 54.6 Å². The first-order chi connectivity index (χ1) is 13.7. The second kappa shape index (κ2) is 8.08. The molecule has 1 unspecified atom stereocenters. The molecule has 1 aliphatic rings. The Bertz CT molecular complexity index is 925. The maximum absolute atomic E-state index is 12.9. The number of rotatable bonds is 4. The minimum absolute atomic E-state index is 0.130. The number of anilines is 1. The maximum atomic E-state index is 12.9. The van der Waals surface area contributed by atoms with Crippen LogP contribution in [0.5, 0.6) is 5.75 Å². The number of benzene rings is 1. The monoisotopic (exact) mass is 378 g/mol. The number of ether oxygens (including phenoxy) is 1. The Morgan fingerprint density at radius 3 is 2.71 bits per heavy atom. The lowest BCUT2D eigenvalue weighted by Crippen LogP contribution is -2.41. The summed E-state index contributed by atoms with van der Waals surface area (Å²) in [4.78, 5) is 23.4. The van der Waals surface area contributed by atoms with Gasteiger partial charge < -0.3 is 15.0 Å². The minimum atomic E-state index is -0.142. The Kier molecular flexibility index (Phi) is 5.18. The fourth-order valence-electron chi connectivity index (χ4n) is 3.38. The van der Waals surface area contributed by atoms with Gasteiger partial charge in [0.05, 0.1) is 13.2 Å². The molecule has 2 amide bonds. The zero-order valence-electron chi connectivity index (χ0n) is 15.6. The highest BCUT2D eigenvalue weighted by Gasteiger charge is 2.30. The van der Waals surface area contributed by atoms with Gasteiger partial charge in [-0.1, -0.05) is 0 Å². The second-order valence-electron chi connectivity index (χ2n) is 6.64. The van der Waals surface area contributed by atoms with Crippen LogP contribution >= 0.6 is 0 Å². The van der Waals surface area contributed by atoms with E-state index in [0.717, 1.165) is 36.3 Å². The van der Waals surface area contributed by atoms with E-state index in [1.165, 1.54) is 0 Å². The summed E-state index contributed by atoms with van der Waals surface area (Å²) in [6.07, 6.45) is 6.28. The molecule has 0 saturated carbocycles. The number of urea groups is 1. The minimum Gasteiger partial charge on any atom is -0.497 e. The van der Waals surface area contributed by atoms with Crippen LogP contribution in [-0.4, -0.2) is 44.8 Å². The standard InChI is InChI=1S/C20H22N6O2/c1-28-16-7-5-15(6-8-16)22-20(27)26-13-3-2-4-17(26)19-23-18(24-25-19)14-9-11-21-12-10-14/h5-12,17H,2-4,13H2,1H3,(H,22,27)(H,23,24,25). The van der Waals surface area contributed by atoms with Crippen LogP contribution < -0.4 is 10.1 Å². The summed E-state index contributed by atoms with van der Waals surface area (Å²) in [5.74, 6) is 2.06. The lowest BCUT2D eigenvalue weighted by molar-refractivity contribution is 0.159. The molecule has 1 aliphatic heterocycles. The van der Waals surface area contributed by atoms with Gasteiger partial charge in [-0.25, -0.2) is 9.78 Å². The van der Waals surface area contributed by atoms with Crippen molar-refractivity contribution in [1.29, 1.82) is 0 Å². The number of H-pyrrole nitrogens is 1. The van der Waals surface area contributed by atoms with Gasteiger partial charge >= 0.3 is 6.03 Å². The zero-order chi connectivity index (χ0) is 19.3. The highest BCUT2D eigenvalue weighted by molar-refractivity contribution is 5.89. The molecule has 1 aromatic carbocycles. The molecule has 4 rings (SSSR count). The Morgan fingerprint density at radius 2 is 1.96 bits per heavy atom. The Balaban J connectivity index is 1.51. The lowest BCUT2D eigenvalue weighted by atomic mass is 10.0. The fraction of sp³-hybridized carbons (Fsp3) is 0.300. The van der Waals surface area contributed by atoms with Gasteiger partial charge in [0.2, 0.25) is 0 Å². The van der Waals surface area contributed by atoms with E-state index < -0.39 is 0 Å². The van der Waals surface area contributed by atoms with Gasteiger partial charge in [-0.05, 0) is 55.7 Å². The molecule has 8 heteroatoms. The predicted molar refractivity (Wildman–Crippen MR) is 105 cm³/mol. The van der Waals surface area contributed by atoms with Gasteiger partial charge in [-0.2, -0.15) is 5.10 Å². The Hall–Kier alpha value is -3.42. The van der Waals surface area contributed by atoms with Crippen molar-refractivity contribution in [3.8, 4) is 17.1 Å². The van der Waals surface area contributed by atoms with Gasteiger partial charge in [0.1, 0.15) is 11.6 Å². The molecule has 144 valence electrons. The number of piperidine rings is 1. The van der Waals surface area contributed by atoms with Crippen molar-refractivity contribution in [2.75, 3.05) is 19.0 Å². The molecule has 3 aromatic rings. The van der Waals surface area contributed by atoms with Gasteiger partial charge in [-0.15, -0.1) is 0 Å². The van der Waals surface area contributed by atoms with E-state index in [1.807, 2.05) is 41.3 Å². The first kappa shape index (κ1) is 18.0. The van der Waals surface area contributed by atoms with Crippen molar-refractivity contribution >= 4 is 11.7 Å². The molecule has 0 radical (unpaired) electrons. The average molecular weight is 378 g/mol. The number of hydrogen-bond donors (Lipinski definition) is 2. The molecular weight excluding hydrogens is 356 g/mol. The molecule has 28 heavy (non-hydrogen) atoms. The average Bonchev–Trinajstić information content (AvgIpc) is 3.25. The van der Waals surface area contributed by atoms with E-state index in [4.69, 9.17) is 4.74 Å². The zero-order valence-corrected chi connectivity index (χ0v) is 15.6. The molecule has 1 fully saturated rings. The van der Waals surface area contributed by atoms with Crippen molar-refractivity contribution in [2.45, 2.75) is 25.3 Å². The predicted octanol–water partition coefficient (Wildman–Crippen LogP) is 3.63. The Labute approximate surface area is 163 Å². The smallest absolute Gasteiger partial charge is 0.322 e. The van der Waals surface area contributed by atoms with E-state index in [2.05, 4.69) is 25.5 Å². The molecule has 0 spiro atoms. The van der Waals surface area contributed by atoms with Gasteiger partial charge in [0.25, 0.3) is 0 Å². The maximum Gasteiger partial charge on any atom is 0.322 e. The van der Waals surface area contributed by atoms with Gasteiger partial charge in [0.15, 0.2) is 5.82 Å². The summed E-state index contributed by atoms with van der Waals surface area (Å²) in [6, 6.07) is 10.7. The lowest BCUT2D eigenvalue weighted by Gasteiger charge is -2.34. The largest absolute Gasteiger partial charge is 0.497 e. The number of carbonyl (C=O) groups excluding carboxylic acids is 1. The normalized spacial score (nSPS) is 16.6. The number of hydrogen-bond acceptors (Lipinski definition) is 5. The summed E-state index contributed by atoms with van der Waals surface area (Å²) < 4.78 is 5.16. The quantitative estimate of drug-likeness (QED) is 0.723. The van der Waals surface area contributed by atoms with E-state index >= 15 is 0 Å². The van der Waals surface area contributed by atoms with Crippen LogP contribution in [0.3, 0.4) is 0 Å². The fourth-order valence-corrected chi connectivity index (χ4v) is 3.38. The van der Waals surface area contributed by atoms with Crippen LogP contribution in [0.15, 0.2) is 48.8 Å². The van der Waals surface area contributed by atoms with Crippen molar-refractivity contribution in [2.24, 2.45) is 0 Å². The molecule has 1 atom stereocenters.